The van der Waals surface area contributed by atoms with Crippen LogP contribution < -0.4 is 0 Å². The van der Waals surface area contributed by atoms with Crippen LogP contribution in [0.4, 0.5) is 0 Å². The van der Waals surface area contributed by atoms with Crippen molar-refractivity contribution in [1.82, 2.24) is 4.90 Å². The summed E-state index contributed by atoms with van der Waals surface area (Å²) >= 11 is 0. The van der Waals surface area contributed by atoms with Gasteiger partial charge in [-0.3, -0.25) is 4.79 Å². The molecule has 0 aliphatic heterocycles. The molecular weight excluding hydrogens is 190 g/mol. The van der Waals surface area contributed by atoms with Crippen LogP contribution in [-0.2, 0) is 11.3 Å². The van der Waals surface area contributed by atoms with Crippen molar-refractivity contribution >= 4 is 5.91 Å². The van der Waals surface area contributed by atoms with Crippen LogP contribution in [0.5, 0.6) is 0 Å². The molecule has 0 aliphatic carbocycles. The van der Waals surface area contributed by atoms with E-state index in [0.717, 1.165) is 12.2 Å². The molecule has 0 unspecified atom stereocenters. The van der Waals surface area contributed by atoms with E-state index in [1.807, 2.05) is 40.0 Å². The van der Waals surface area contributed by atoms with Gasteiger partial charge in [-0.25, -0.2) is 0 Å². The van der Waals surface area contributed by atoms with Crippen molar-refractivity contribution in [2.24, 2.45) is 5.41 Å². The lowest BCUT2D eigenvalue weighted by atomic mass is 9.88. The van der Waals surface area contributed by atoms with Crippen LogP contribution in [0.1, 0.15) is 33.0 Å². The molecule has 84 valence electrons. The highest BCUT2D eigenvalue weighted by atomic mass is 16.3. The summed E-state index contributed by atoms with van der Waals surface area (Å²) in [6.07, 6.45) is 2.47. The monoisotopic (exact) mass is 209 g/mol. The minimum Gasteiger partial charge on any atom is -0.467 e. The van der Waals surface area contributed by atoms with Crippen molar-refractivity contribution in [1.29, 1.82) is 0 Å². The van der Waals surface area contributed by atoms with E-state index in [0.29, 0.717) is 6.54 Å². The zero-order chi connectivity index (χ0) is 11.5. The summed E-state index contributed by atoms with van der Waals surface area (Å²) in [7, 11) is 1.81. The number of hydrogen-bond donors (Lipinski definition) is 0. The molecular formula is C12H19NO2. The molecule has 1 heterocycles. The molecule has 0 fully saturated rings. The second kappa shape index (κ2) is 4.51. The maximum absolute atomic E-state index is 12.0. The van der Waals surface area contributed by atoms with Crippen molar-refractivity contribution in [2.45, 2.75) is 33.7 Å². The third kappa shape index (κ3) is 2.85. The maximum atomic E-state index is 12.0. The van der Waals surface area contributed by atoms with Crippen molar-refractivity contribution in [3.8, 4) is 0 Å². The number of nitrogens with zero attached hydrogens (tertiary/aromatic N) is 1. The molecule has 0 atom stereocenters. The van der Waals surface area contributed by atoms with E-state index >= 15 is 0 Å². The number of rotatable bonds is 4. The summed E-state index contributed by atoms with van der Waals surface area (Å²) in [5.41, 5.74) is -0.290. The largest absolute Gasteiger partial charge is 0.467 e. The van der Waals surface area contributed by atoms with Gasteiger partial charge in [0.15, 0.2) is 0 Å². The molecule has 0 spiro atoms. The summed E-state index contributed by atoms with van der Waals surface area (Å²) in [6.45, 7) is 6.50. The molecule has 0 N–H and O–H groups in total. The fraction of sp³-hybridized carbons (Fsp3) is 0.583. The molecule has 1 amide bonds. The average molecular weight is 209 g/mol. The molecule has 1 aromatic rings. The lowest BCUT2D eigenvalue weighted by Crippen LogP contribution is -2.37. The van der Waals surface area contributed by atoms with Crippen molar-refractivity contribution in [2.75, 3.05) is 7.05 Å². The standard InChI is InChI=1S/C12H19NO2/c1-5-12(2,3)11(14)13(4)9-10-7-6-8-15-10/h6-8H,5,9H2,1-4H3. The van der Waals surface area contributed by atoms with Gasteiger partial charge in [0.2, 0.25) is 5.91 Å². The smallest absolute Gasteiger partial charge is 0.228 e. The fourth-order valence-corrected chi connectivity index (χ4v) is 1.38. The Hall–Kier alpha value is -1.25. The van der Waals surface area contributed by atoms with Gasteiger partial charge in [-0.15, -0.1) is 0 Å². The molecule has 0 saturated carbocycles. The number of amides is 1. The number of hydrogen-bond acceptors (Lipinski definition) is 2. The van der Waals surface area contributed by atoms with Crippen LogP contribution in [0.2, 0.25) is 0 Å². The lowest BCUT2D eigenvalue weighted by Gasteiger charge is -2.27. The van der Waals surface area contributed by atoms with Crippen molar-refractivity contribution < 1.29 is 9.21 Å². The van der Waals surface area contributed by atoms with Gasteiger partial charge in [0.1, 0.15) is 5.76 Å². The van der Waals surface area contributed by atoms with Gasteiger partial charge in [-0.1, -0.05) is 20.8 Å². The number of carbonyl (C=O) groups excluding carboxylic acids is 1. The third-order valence-electron chi connectivity index (χ3n) is 2.78. The summed E-state index contributed by atoms with van der Waals surface area (Å²) in [6, 6.07) is 3.71. The third-order valence-corrected chi connectivity index (χ3v) is 2.78. The molecule has 3 nitrogen and oxygen atoms in total. The van der Waals surface area contributed by atoms with Gasteiger partial charge in [0.05, 0.1) is 12.8 Å². The van der Waals surface area contributed by atoms with Gasteiger partial charge < -0.3 is 9.32 Å². The molecule has 0 aliphatic rings. The van der Waals surface area contributed by atoms with Crippen LogP contribution in [0.25, 0.3) is 0 Å². The van der Waals surface area contributed by atoms with E-state index in [1.165, 1.54) is 0 Å². The van der Waals surface area contributed by atoms with Gasteiger partial charge in [0, 0.05) is 12.5 Å². The van der Waals surface area contributed by atoms with Gasteiger partial charge in [-0.05, 0) is 18.6 Å². The van der Waals surface area contributed by atoms with Crippen LogP contribution in [-0.4, -0.2) is 17.9 Å². The van der Waals surface area contributed by atoms with E-state index in [4.69, 9.17) is 4.42 Å². The van der Waals surface area contributed by atoms with E-state index < -0.39 is 0 Å². The summed E-state index contributed by atoms with van der Waals surface area (Å²) in [4.78, 5) is 13.7. The van der Waals surface area contributed by atoms with Crippen LogP contribution in [0.15, 0.2) is 22.8 Å². The number of carbonyl (C=O) groups is 1. The highest BCUT2D eigenvalue weighted by Crippen LogP contribution is 2.23. The first-order valence-electron chi connectivity index (χ1n) is 5.25. The molecule has 0 bridgehead atoms. The Morgan fingerprint density at radius 2 is 2.20 bits per heavy atom. The minimum absolute atomic E-state index is 0.154. The first kappa shape index (κ1) is 11.8. The van der Waals surface area contributed by atoms with E-state index in [9.17, 15) is 4.79 Å². The van der Waals surface area contributed by atoms with Crippen LogP contribution in [0, 0.1) is 5.41 Å². The molecule has 0 radical (unpaired) electrons. The second-order valence-electron chi connectivity index (χ2n) is 4.48. The number of furan rings is 1. The highest BCUT2D eigenvalue weighted by Gasteiger charge is 2.28. The van der Waals surface area contributed by atoms with Gasteiger partial charge in [-0.2, -0.15) is 0 Å². The molecule has 3 heteroatoms. The molecule has 0 aromatic carbocycles. The Morgan fingerprint density at radius 1 is 1.53 bits per heavy atom. The predicted molar refractivity (Wildman–Crippen MR) is 59.3 cm³/mol. The normalized spacial score (nSPS) is 11.5. The zero-order valence-electron chi connectivity index (χ0n) is 9.91. The van der Waals surface area contributed by atoms with E-state index in [2.05, 4.69) is 0 Å². The Balaban J connectivity index is 2.61. The Kier molecular flexibility index (Phi) is 3.56. The van der Waals surface area contributed by atoms with Crippen LogP contribution >= 0.6 is 0 Å². The fourth-order valence-electron chi connectivity index (χ4n) is 1.38. The van der Waals surface area contributed by atoms with Gasteiger partial charge in [0.25, 0.3) is 0 Å². The summed E-state index contributed by atoms with van der Waals surface area (Å²) < 4.78 is 5.21. The SMILES string of the molecule is CCC(C)(C)C(=O)N(C)Cc1ccco1. The van der Waals surface area contributed by atoms with Crippen molar-refractivity contribution in [3.05, 3.63) is 24.2 Å². The Labute approximate surface area is 91.1 Å². The van der Waals surface area contributed by atoms with Gasteiger partial charge >= 0.3 is 0 Å². The summed E-state index contributed by atoms with van der Waals surface area (Å²) in [5.74, 6) is 0.971. The second-order valence-corrected chi connectivity index (χ2v) is 4.48. The predicted octanol–water partition coefficient (Wildman–Crippen LogP) is 2.67. The minimum atomic E-state index is -0.290. The van der Waals surface area contributed by atoms with E-state index in [1.54, 1.807) is 11.2 Å². The van der Waals surface area contributed by atoms with Crippen LogP contribution in [0.3, 0.4) is 0 Å². The van der Waals surface area contributed by atoms with Crippen molar-refractivity contribution in [3.63, 3.8) is 0 Å². The zero-order valence-corrected chi connectivity index (χ0v) is 9.91. The quantitative estimate of drug-likeness (QED) is 0.763. The lowest BCUT2D eigenvalue weighted by molar-refractivity contribution is -0.139. The maximum Gasteiger partial charge on any atom is 0.228 e. The summed E-state index contributed by atoms with van der Waals surface area (Å²) in [5, 5.41) is 0. The topological polar surface area (TPSA) is 33.5 Å². The average Bonchev–Trinajstić information content (AvgIpc) is 2.69. The molecule has 15 heavy (non-hydrogen) atoms. The molecule has 0 saturated heterocycles. The molecule has 1 rings (SSSR count). The molecule has 1 aromatic heterocycles. The highest BCUT2D eigenvalue weighted by molar-refractivity contribution is 5.81. The first-order chi connectivity index (χ1) is 6.97. The van der Waals surface area contributed by atoms with E-state index in [-0.39, 0.29) is 11.3 Å². The Morgan fingerprint density at radius 3 is 2.67 bits per heavy atom. The Bertz CT molecular complexity index is 314. The first-order valence-corrected chi connectivity index (χ1v) is 5.25.